The van der Waals surface area contributed by atoms with E-state index >= 15 is 0 Å². The van der Waals surface area contributed by atoms with Crippen LogP contribution in [0.25, 0.3) is 33.8 Å². The van der Waals surface area contributed by atoms with Gasteiger partial charge in [-0.1, -0.05) is 32.3 Å². The van der Waals surface area contributed by atoms with Crippen LogP contribution in [-0.2, 0) is 23.6 Å². The molecule has 0 spiro atoms. The van der Waals surface area contributed by atoms with Gasteiger partial charge in [-0.25, -0.2) is 13.1 Å². The summed E-state index contributed by atoms with van der Waals surface area (Å²) in [7, 11) is 1.81. The van der Waals surface area contributed by atoms with E-state index < -0.39 is 21.2 Å². The molecule has 7 rings (SSSR count). The molecule has 282 valence electrons. The Balaban J connectivity index is 1.41. The molecule has 1 unspecified atom stereocenters. The van der Waals surface area contributed by atoms with Gasteiger partial charge in [0.2, 0.25) is 10.0 Å². The standard InChI is InChI=1S/C41H52N6O5S/c1-7-44(4)25-31-14-11-19-46(31)41(49)35-23-42-45(5)38(35)30-20-29-21-32(52-6)16-18-33(29)39-37(27-12-9-8-10-13-27)34-17-15-28(22-36(34)47(39)24-30)40(48)43-53(50,51)26(2)3/h15-18,20-23,26-27,31H,7-14,19,24-25H2,1-6H3,(H,43,48). The first kappa shape index (κ1) is 36.9. The van der Waals surface area contributed by atoms with Gasteiger partial charge in [0.1, 0.15) is 5.75 Å². The molecule has 2 amide bonds. The molecule has 3 aliphatic rings. The minimum atomic E-state index is -3.83. The summed E-state index contributed by atoms with van der Waals surface area (Å²) in [6.45, 7) is 8.09. The third-order valence-electron chi connectivity index (χ3n) is 11.6. The van der Waals surface area contributed by atoms with Gasteiger partial charge < -0.3 is 19.1 Å². The van der Waals surface area contributed by atoms with Crippen LogP contribution in [0.1, 0.15) is 109 Å². The fraction of sp³-hybridized carbons (Fsp3) is 0.488. The number of ether oxygens (including phenoxy) is 1. The molecule has 4 aromatic rings. The van der Waals surface area contributed by atoms with Crippen molar-refractivity contribution in [2.75, 3.05) is 33.8 Å². The summed E-state index contributed by atoms with van der Waals surface area (Å²) in [5.74, 6) is 0.386. The molecular formula is C41H52N6O5S. The van der Waals surface area contributed by atoms with Crippen molar-refractivity contribution in [2.24, 2.45) is 7.05 Å². The van der Waals surface area contributed by atoms with Gasteiger partial charge in [-0.05, 0) is 112 Å². The summed E-state index contributed by atoms with van der Waals surface area (Å²) < 4.78 is 37.6. The highest BCUT2D eigenvalue weighted by Gasteiger charge is 2.35. The van der Waals surface area contributed by atoms with Crippen molar-refractivity contribution < 1.29 is 22.7 Å². The highest BCUT2D eigenvalue weighted by molar-refractivity contribution is 7.90. The topological polar surface area (TPSA) is 119 Å². The van der Waals surface area contributed by atoms with E-state index in [2.05, 4.69) is 51.5 Å². The molecule has 1 atom stereocenters. The third-order valence-corrected chi connectivity index (χ3v) is 13.3. The average molecular weight is 741 g/mol. The maximum Gasteiger partial charge on any atom is 0.264 e. The lowest BCUT2D eigenvalue weighted by Crippen LogP contribution is -2.42. The number of sulfonamides is 1. The van der Waals surface area contributed by atoms with E-state index in [1.807, 2.05) is 30.1 Å². The maximum atomic E-state index is 14.5. The Morgan fingerprint density at radius 2 is 1.81 bits per heavy atom. The number of fused-ring (bicyclic) bond motifs is 5. The van der Waals surface area contributed by atoms with Gasteiger partial charge in [0.15, 0.2) is 0 Å². The second-order valence-corrected chi connectivity index (χ2v) is 17.5. The average Bonchev–Trinajstić information content (AvgIpc) is 3.83. The van der Waals surface area contributed by atoms with Crippen molar-refractivity contribution in [1.82, 2.24) is 28.9 Å². The molecule has 53 heavy (non-hydrogen) atoms. The van der Waals surface area contributed by atoms with Crippen LogP contribution in [0.2, 0.25) is 0 Å². The summed E-state index contributed by atoms with van der Waals surface area (Å²) in [5.41, 5.74) is 7.71. The summed E-state index contributed by atoms with van der Waals surface area (Å²) >= 11 is 0. The number of rotatable bonds is 10. The summed E-state index contributed by atoms with van der Waals surface area (Å²) in [5, 5.41) is 4.97. The van der Waals surface area contributed by atoms with E-state index in [1.54, 1.807) is 37.9 Å². The lowest BCUT2D eigenvalue weighted by Gasteiger charge is -2.28. The zero-order chi connectivity index (χ0) is 37.6. The first-order valence-corrected chi connectivity index (χ1v) is 20.6. The Bertz CT molecular complexity index is 2190. The fourth-order valence-corrected chi connectivity index (χ4v) is 9.16. The Hall–Kier alpha value is -4.42. The number of allylic oxidation sites excluding steroid dienone is 1. The molecule has 4 heterocycles. The van der Waals surface area contributed by atoms with E-state index in [4.69, 9.17) is 4.74 Å². The Morgan fingerprint density at radius 3 is 2.53 bits per heavy atom. The van der Waals surface area contributed by atoms with Gasteiger partial charge in [0.05, 0.1) is 42.1 Å². The molecule has 12 heteroatoms. The van der Waals surface area contributed by atoms with Crippen LogP contribution in [-0.4, -0.2) is 89.5 Å². The van der Waals surface area contributed by atoms with Crippen LogP contribution in [0.15, 0.2) is 42.6 Å². The van der Waals surface area contributed by atoms with Gasteiger partial charge in [-0.3, -0.25) is 14.3 Å². The van der Waals surface area contributed by atoms with Crippen molar-refractivity contribution in [2.45, 2.75) is 89.5 Å². The van der Waals surface area contributed by atoms with Crippen LogP contribution in [0.4, 0.5) is 0 Å². The number of methoxy groups -OCH3 is 1. The molecule has 2 aromatic carbocycles. The largest absolute Gasteiger partial charge is 0.497 e. The number of amides is 2. The zero-order valence-electron chi connectivity index (χ0n) is 31.8. The minimum absolute atomic E-state index is 0.0121. The second-order valence-electron chi connectivity index (χ2n) is 15.2. The van der Waals surface area contributed by atoms with Crippen molar-refractivity contribution in [3.8, 4) is 17.0 Å². The molecule has 2 aliphatic heterocycles. The summed E-state index contributed by atoms with van der Waals surface area (Å²) in [4.78, 5) is 32.3. The highest BCUT2D eigenvalue weighted by atomic mass is 32.2. The molecule has 2 aromatic heterocycles. The quantitative estimate of drug-likeness (QED) is 0.193. The van der Waals surface area contributed by atoms with Crippen LogP contribution < -0.4 is 9.46 Å². The number of benzene rings is 2. The molecule has 1 aliphatic carbocycles. The number of likely N-dealkylation sites (N-methyl/N-ethyl adjacent to an activating group) is 1. The molecular weight excluding hydrogens is 689 g/mol. The number of carbonyl (C=O) groups excluding carboxylic acids is 2. The molecule has 0 radical (unpaired) electrons. The van der Waals surface area contributed by atoms with Gasteiger partial charge in [0, 0.05) is 48.2 Å². The summed E-state index contributed by atoms with van der Waals surface area (Å²) in [6, 6.07) is 11.8. The van der Waals surface area contributed by atoms with E-state index in [0.29, 0.717) is 24.6 Å². The number of aryl methyl sites for hydroxylation is 1. The molecule has 0 bridgehead atoms. The predicted octanol–water partition coefficient (Wildman–Crippen LogP) is 6.68. The lowest BCUT2D eigenvalue weighted by atomic mass is 9.81. The van der Waals surface area contributed by atoms with Crippen molar-refractivity contribution in [3.05, 3.63) is 70.5 Å². The van der Waals surface area contributed by atoms with Gasteiger partial charge in [0.25, 0.3) is 11.8 Å². The molecule has 1 saturated carbocycles. The number of hydrogen-bond donors (Lipinski definition) is 1. The molecule has 11 nitrogen and oxygen atoms in total. The van der Waals surface area contributed by atoms with Gasteiger partial charge >= 0.3 is 0 Å². The SMILES string of the molecule is CCN(C)CC1CCCN1C(=O)c1cnn(C)c1C1=Cc2cc(OC)ccc2-c2c(C3CCCCC3)c3ccc(C(=O)NS(=O)(=O)C(C)C)cc3n2C1. The van der Waals surface area contributed by atoms with E-state index in [1.165, 1.54) is 12.0 Å². The van der Waals surface area contributed by atoms with Crippen LogP contribution in [0.3, 0.4) is 0 Å². The predicted molar refractivity (Wildman–Crippen MR) is 210 cm³/mol. The first-order chi connectivity index (χ1) is 25.4. The van der Waals surface area contributed by atoms with Crippen molar-refractivity contribution in [3.63, 3.8) is 0 Å². The highest BCUT2D eigenvalue weighted by Crippen LogP contribution is 2.48. The third kappa shape index (κ3) is 6.91. The Kier molecular flexibility index (Phi) is 10.3. The van der Waals surface area contributed by atoms with Crippen LogP contribution in [0.5, 0.6) is 5.75 Å². The lowest BCUT2D eigenvalue weighted by molar-refractivity contribution is 0.0710. The van der Waals surface area contributed by atoms with E-state index in [9.17, 15) is 18.0 Å². The second kappa shape index (κ2) is 14.8. The van der Waals surface area contributed by atoms with E-state index in [0.717, 1.165) is 96.4 Å². The summed E-state index contributed by atoms with van der Waals surface area (Å²) in [6.07, 6.45) is 11.4. The number of nitrogens with zero attached hydrogens (tertiary/aromatic N) is 5. The van der Waals surface area contributed by atoms with Crippen molar-refractivity contribution in [1.29, 1.82) is 0 Å². The fourth-order valence-electron chi connectivity index (χ4n) is 8.54. The number of hydrogen-bond acceptors (Lipinski definition) is 7. The number of nitrogens with one attached hydrogen (secondary N) is 1. The van der Waals surface area contributed by atoms with Crippen LogP contribution in [0, 0.1) is 0 Å². The zero-order valence-corrected chi connectivity index (χ0v) is 32.6. The molecule has 1 saturated heterocycles. The Labute approximate surface area is 313 Å². The molecule has 1 N–H and O–H groups in total. The normalized spacial score (nSPS) is 17.9. The number of aromatic nitrogens is 3. The first-order valence-electron chi connectivity index (χ1n) is 19.0. The van der Waals surface area contributed by atoms with Crippen molar-refractivity contribution >= 4 is 44.4 Å². The van der Waals surface area contributed by atoms with Crippen LogP contribution >= 0.6 is 0 Å². The smallest absolute Gasteiger partial charge is 0.264 e. The van der Waals surface area contributed by atoms with E-state index in [-0.39, 0.29) is 17.5 Å². The van der Waals surface area contributed by atoms with Gasteiger partial charge in [-0.15, -0.1) is 0 Å². The monoisotopic (exact) mass is 740 g/mol. The molecule has 2 fully saturated rings. The number of likely N-dealkylation sites (tertiary alicyclic amines) is 1. The Morgan fingerprint density at radius 1 is 1.04 bits per heavy atom. The minimum Gasteiger partial charge on any atom is -0.497 e. The maximum absolute atomic E-state index is 14.5. The number of carbonyl (C=O) groups is 2. The van der Waals surface area contributed by atoms with Gasteiger partial charge in [-0.2, -0.15) is 5.10 Å².